The SMILES string of the molecule is N=C(N)CCCCOc1cccc(OCc2ccccc2)n1. The molecule has 0 aliphatic rings. The van der Waals surface area contributed by atoms with Crippen LogP contribution in [0, 0.1) is 5.41 Å². The van der Waals surface area contributed by atoms with Crippen molar-refractivity contribution in [3.63, 3.8) is 0 Å². The molecule has 0 unspecified atom stereocenters. The summed E-state index contributed by atoms with van der Waals surface area (Å²) in [6, 6.07) is 15.4. The third kappa shape index (κ3) is 5.83. The van der Waals surface area contributed by atoms with E-state index < -0.39 is 0 Å². The highest BCUT2D eigenvalue weighted by Gasteiger charge is 2.01. The van der Waals surface area contributed by atoms with E-state index in [2.05, 4.69) is 4.98 Å². The summed E-state index contributed by atoms with van der Waals surface area (Å²) in [6.07, 6.45) is 2.30. The van der Waals surface area contributed by atoms with Crippen LogP contribution in [0.3, 0.4) is 0 Å². The number of pyridine rings is 1. The number of nitrogens with two attached hydrogens (primary N) is 1. The first-order valence-corrected chi connectivity index (χ1v) is 7.33. The van der Waals surface area contributed by atoms with Crippen LogP contribution in [0.2, 0.25) is 0 Å². The third-order valence-corrected chi connectivity index (χ3v) is 3.02. The molecular formula is C17H21N3O2. The molecule has 0 saturated heterocycles. The summed E-state index contributed by atoms with van der Waals surface area (Å²) in [5, 5.41) is 7.15. The number of rotatable bonds is 9. The van der Waals surface area contributed by atoms with Crippen LogP contribution in [0.25, 0.3) is 0 Å². The summed E-state index contributed by atoms with van der Waals surface area (Å²) in [6.45, 7) is 1.04. The highest BCUT2D eigenvalue weighted by molar-refractivity contribution is 5.76. The number of ether oxygens (including phenoxy) is 2. The standard InChI is InChI=1S/C17H21N3O2/c18-15(19)9-4-5-12-21-16-10-6-11-17(20-16)22-13-14-7-2-1-3-8-14/h1-3,6-8,10-11H,4-5,9,12-13H2,(H3,18,19). The Kier molecular flexibility index (Phi) is 6.23. The molecule has 0 bridgehead atoms. The van der Waals surface area contributed by atoms with Crippen LogP contribution in [0.4, 0.5) is 0 Å². The molecule has 0 fully saturated rings. The van der Waals surface area contributed by atoms with E-state index in [4.69, 9.17) is 20.6 Å². The Morgan fingerprint density at radius 3 is 2.41 bits per heavy atom. The van der Waals surface area contributed by atoms with E-state index in [9.17, 15) is 0 Å². The third-order valence-electron chi connectivity index (χ3n) is 3.02. The molecule has 5 nitrogen and oxygen atoms in total. The molecule has 0 radical (unpaired) electrons. The molecule has 0 atom stereocenters. The van der Waals surface area contributed by atoms with Crippen LogP contribution in [0.15, 0.2) is 48.5 Å². The van der Waals surface area contributed by atoms with Crippen LogP contribution < -0.4 is 15.2 Å². The number of nitrogens with one attached hydrogen (secondary N) is 1. The lowest BCUT2D eigenvalue weighted by Crippen LogP contribution is -2.09. The van der Waals surface area contributed by atoms with Gasteiger partial charge in [-0.1, -0.05) is 36.4 Å². The van der Waals surface area contributed by atoms with Crippen molar-refractivity contribution in [2.24, 2.45) is 5.73 Å². The fourth-order valence-electron chi connectivity index (χ4n) is 1.88. The molecule has 0 spiro atoms. The zero-order valence-electron chi connectivity index (χ0n) is 12.5. The second kappa shape index (κ2) is 8.67. The topological polar surface area (TPSA) is 81.2 Å². The van der Waals surface area contributed by atoms with Crippen molar-refractivity contribution in [1.29, 1.82) is 5.41 Å². The Morgan fingerprint density at radius 2 is 1.68 bits per heavy atom. The van der Waals surface area contributed by atoms with Gasteiger partial charge < -0.3 is 15.2 Å². The molecule has 1 aromatic carbocycles. The summed E-state index contributed by atoms with van der Waals surface area (Å²) < 4.78 is 11.2. The minimum absolute atomic E-state index is 0.217. The van der Waals surface area contributed by atoms with E-state index in [1.807, 2.05) is 42.5 Å². The normalized spacial score (nSPS) is 10.2. The lowest BCUT2D eigenvalue weighted by atomic mass is 10.2. The number of nitrogens with zero attached hydrogens (tertiary/aromatic N) is 1. The van der Waals surface area contributed by atoms with Crippen molar-refractivity contribution >= 4 is 5.84 Å². The Bertz CT molecular complexity index is 587. The number of unbranched alkanes of at least 4 members (excludes halogenated alkanes) is 1. The first-order valence-electron chi connectivity index (χ1n) is 7.33. The average molecular weight is 299 g/mol. The van der Waals surface area contributed by atoms with Crippen LogP contribution in [0.1, 0.15) is 24.8 Å². The molecule has 22 heavy (non-hydrogen) atoms. The molecular weight excluding hydrogens is 278 g/mol. The Balaban J connectivity index is 1.76. The van der Waals surface area contributed by atoms with Crippen molar-refractivity contribution in [3.05, 3.63) is 54.1 Å². The second-order valence-electron chi connectivity index (χ2n) is 4.92. The van der Waals surface area contributed by atoms with Crippen molar-refractivity contribution in [1.82, 2.24) is 4.98 Å². The number of aromatic nitrogens is 1. The molecule has 2 rings (SSSR count). The van der Waals surface area contributed by atoms with Crippen LogP contribution in [-0.2, 0) is 6.61 Å². The first-order chi connectivity index (χ1) is 10.7. The molecule has 3 N–H and O–H groups in total. The Labute approximate surface area is 130 Å². The number of hydrogen-bond donors (Lipinski definition) is 2. The quantitative estimate of drug-likeness (QED) is 0.423. The van der Waals surface area contributed by atoms with E-state index >= 15 is 0 Å². The van der Waals surface area contributed by atoms with Crippen molar-refractivity contribution < 1.29 is 9.47 Å². The highest BCUT2D eigenvalue weighted by atomic mass is 16.5. The zero-order chi connectivity index (χ0) is 15.6. The van der Waals surface area contributed by atoms with E-state index in [0.29, 0.717) is 31.4 Å². The molecule has 0 aliphatic carbocycles. The van der Waals surface area contributed by atoms with Gasteiger partial charge in [0.05, 0.1) is 12.4 Å². The molecule has 0 aliphatic heterocycles. The van der Waals surface area contributed by atoms with Crippen molar-refractivity contribution in [2.45, 2.75) is 25.9 Å². The van der Waals surface area contributed by atoms with Crippen molar-refractivity contribution in [2.75, 3.05) is 6.61 Å². The maximum absolute atomic E-state index is 7.15. The van der Waals surface area contributed by atoms with Crippen molar-refractivity contribution in [3.8, 4) is 11.8 Å². The first kappa shape index (κ1) is 15.8. The monoisotopic (exact) mass is 299 g/mol. The Hall–Kier alpha value is -2.56. The lowest BCUT2D eigenvalue weighted by molar-refractivity contribution is 0.269. The van der Waals surface area contributed by atoms with E-state index in [-0.39, 0.29) is 5.84 Å². The minimum atomic E-state index is 0.217. The van der Waals surface area contributed by atoms with Gasteiger partial charge in [0.1, 0.15) is 6.61 Å². The van der Waals surface area contributed by atoms with Gasteiger partial charge in [0, 0.05) is 18.6 Å². The van der Waals surface area contributed by atoms with Gasteiger partial charge in [-0.15, -0.1) is 0 Å². The maximum Gasteiger partial charge on any atom is 0.216 e. The van der Waals surface area contributed by atoms with Crippen LogP contribution in [0.5, 0.6) is 11.8 Å². The van der Waals surface area contributed by atoms with E-state index in [1.54, 1.807) is 6.07 Å². The fourth-order valence-corrected chi connectivity index (χ4v) is 1.88. The van der Waals surface area contributed by atoms with Gasteiger partial charge in [-0.05, 0) is 18.4 Å². The second-order valence-corrected chi connectivity index (χ2v) is 4.92. The average Bonchev–Trinajstić information content (AvgIpc) is 2.54. The van der Waals surface area contributed by atoms with Gasteiger partial charge in [-0.3, -0.25) is 5.41 Å². The van der Waals surface area contributed by atoms with Gasteiger partial charge in [0.25, 0.3) is 0 Å². The molecule has 5 heteroatoms. The molecule has 116 valence electrons. The summed E-state index contributed by atoms with van der Waals surface area (Å²) in [5.74, 6) is 1.31. The molecule has 0 amide bonds. The zero-order valence-corrected chi connectivity index (χ0v) is 12.5. The fraction of sp³-hybridized carbons (Fsp3) is 0.294. The van der Waals surface area contributed by atoms with Gasteiger partial charge >= 0.3 is 0 Å². The molecule has 2 aromatic rings. The van der Waals surface area contributed by atoms with Gasteiger partial charge in [0.2, 0.25) is 11.8 Å². The summed E-state index contributed by atoms with van der Waals surface area (Å²) in [4.78, 5) is 4.31. The van der Waals surface area contributed by atoms with Gasteiger partial charge in [-0.25, -0.2) is 0 Å². The molecule has 0 saturated carbocycles. The van der Waals surface area contributed by atoms with E-state index in [0.717, 1.165) is 18.4 Å². The minimum Gasteiger partial charge on any atom is -0.478 e. The van der Waals surface area contributed by atoms with Gasteiger partial charge in [0.15, 0.2) is 0 Å². The number of benzene rings is 1. The van der Waals surface area contributed by atoms with Crippen LogP contribution >= 0.6 is 0 Å². The smallest absolute Gasteiger partial charge is 0.216 e. The summed E-state index contributed by atoms with van der Waals surface area (Å²) in [7, 11) is 0. The molecule has 1 aromatic heterocycles. The summed E-state index contributed by atoms with van der Waals surface area (Å²) >= 11 is 0. The van der Waals surface area contributed by atoms with Gasteiger partial charge in [-0.2, -0.15) is 4.98 Å². The van der Waals surface area contributed by atoms with E-state index in [1.165, 1.54) is 0 Å². The number of amidine groups is 1. The Morgan fingerprint density at radius 1 is 0.955 bits per heavy atom. The van der Waals surface area contributed by atoms with Crippen LogP contribution in [-0.4, -0.2) is 17.4 Å². The predicted molar refractivity (Wildman–Crippen MR) is 86.3 cm³/mol. The summed E-state index contributed by atoms with van der Waals surface area (Å²) in [5.41, 5.74) is 6.40. The number of hydrogen-bond acceptors (Lipinski definition) is 4. The molecule has 1 heterocycles. The maximum atomic E-state index is 7.15. The predicted octanol–water partition coefficient (Wildman–Crippen LogP) is 3.15. The highest BCUT2D eigenvalue weighted by Crippen LogP contribution is 2.15. The lowest BCUT2D eigenvalue weighted by Gasteiger charge is -2.08. The largest absolute Gasteiger partial charge is 0.478 e.